The summed E-state index contributed by atoms with van der Waals surface area (Å²) in [6.45, 7) is 7.57. The maximum atomic E-state index is 12.8. The summed E-state index contributed by atoms with van der Waals surface area (Å²) in [7, 11) is 0. The highest BCUT2D eigenvalue weighted by molar-refractivity contribution is 7.23. The number of nitrogens with zero attached hydrogens (tertiary/aromatic N) is 4. The molecule has 0 aliphatic heterocycles. The Balaban J connectivity index is 1.27. The maximum absolute atomic E-state index is 12.8. The summed E-state index contributed by atoms with van der Waals surface area (Å²) in [5.41, 5.74) is 5.15. The number of carbonyl (C=O) groups excluding carboxylic acids is 1. The summed E-state index contributed by atoms with van der Waals surface area (Å²) in [6.07, 6.45) is 9.10. The smallest absolute Gasteiger partial charge is 0.195 e. The summed E-state index contributed by atoms with van der Waals surface area (Å²) in [6, 6.07) is 14.5. The van der Waals surface area contributed by atoms with Gasteiger partial charge in [0.05, 0.1) is 15.9 Å². The van der Waals surface area contributed by atoms with Gasteiger partial charge in [-0.05, 0) is 56.2 Å². The zero-order chi connectivity index (χ0) is 24.2. The molecule has 0 spiro atoms. The topological polar surface area (TPSA) is 66.3 Å². The molecule has 6 nitrogen and oxygen atoms in total. The fourth-order valence-electron chi connectivity index (χ4n) is 4.50. The van der Waals surface area contributed by atoms with E-state index in [9.17, 15) is 4.79 Å². The number of Topliss-reactive ketones (excluding diaryl/α,β-unsaturated/α-hetero) is 1. The van der Waals surface area contributed by atoms with Crippen LogP contribution in [-0.4, -0.2) is 49.7 Å². The summed E-state index contributed by atoms with van der Waals surface area (Å²) in [4.78, 5) is 28.4. The molecular weight excluding hydrogens is 454 g/mol. The van der Waals surface area contributed by atoms with Crippen molar-refractivity contribution in [3.8, 4) is 11.3 Å². The number of hydrogen-bond acceptors (Lipinski definition) is 5. The molecule has 0 saturated carbocycles. The molecule has 0 saturated heterocycles. The minimum absolute atomic E-state index is 0.229. The van der Waals surface area contributed by atoms with Crippen molar-refractivity contribution in [3.05, 3.63) is 78.0 Å². The Morgan fingerprint density at radius 3 is 2.66 bits per heavy atom. The van der Waals surface area contributed by atoms with E-state index in [1.165, 1.54) is 5.56 Å². The van der Waals surface area contributed by atoms with Crippen LogP contribution < -0.4 is 0 Å². The van der Waals surface area contributed by atoms with Gasteiger partial charge < -0.3 is 9.88 Å². The lowest BCUT2D eigenvalue weighted by molar-refractivity contribution is 0.0978. The molecule has 0 aliphatic carbocycles. The zero-order valence-electron chi connectivity index (χ0n) is 20.3. The first-order valence-electron chi connectivity index (χ1n) is 12.4. The van der Waals surface area contributed by atoms with Crippen molar-refractivity contribution in [1.82, 2.24) is 24.3 Å². The summed E-state index contributed by atoms with van der Waals surface area (Å²) in [5.74, 6) is 1.19. The standard InChI is InChI=1S/C28H31N5OS/c1-3-32(4-2)16-6-5-7-25(34)22-12-13-24-26(18-22)35-28-31-23(19-33(24)28)21-10-8-20(9-11-21)17-27-29-14-15-30-27/h8-15,18-19H,3-7,16-17H2,1-2H3,(H,29,30). The van der Waals surface area contributed by atoms with Gasteiger partial charge in [0.15, 0.2) is 10.7 Å². The largest absolute Gasteiger partial charge is 0.348 e. The number of nitrogens with one attached hydrogen (secondary N) is 1. The van der Waals surface area contributed by atoms with Crippen molar-refractivity contribution in [2.45, 2.75) is 39.5 Å². The number of benzene rings is 2. The van der Waals surface area contributed by atoms with Crippen LogP contribution in [0.15, 0.2) is 61.1 Å². The van der Waals surface area contributed by atoms with Gasteiger partial charge >= 0.3 is 0 Å². The number of imidazole rings is 2. The van der Waals surface area contributed by atoms with Crippen LogP contribution in [0.2, 0.25) is 0 Å². The third-order valence-electron chi connectivity index (χ3n) is 6.61. The highest BCUT2D eigenvalue weighted by Crippen LogP contribution is 2.30. The first-order chi connectivity index (χ1) is 17.1. The number of hydrogen-bond donors (Lipinski definition) is 1. The van der Waals surface area contributed by atoms with Crippen LogP contribution in [0.4, 0.5) is 0 Å². The third-order valence-corrected chi connectivity index (χ3v) is 7.63. The minimum Gasteiger partial charge on any atom is -0.348 e. The highest BCUT2D eigenvalue weighted by Gasteiger charge is 2.13. The molecule has 35 heavy (non-hydrogen) atoms. The van der Waals surface area contributed by atoms with Crippen LogP contribution in [0.5, 0.6) is 0 Å². The summed E-state index contributed by atoms with van der Waals surface area (Å²) in [5, 5.41) is 0. The zero-order valence-corrected chi connectivity index (χ0v) is 21.1. The van der Waals surface area contributed by atoms with Gasteiger partial charge in [-0.15, -0.1) is 0 Å². The van der Waals surface area contributed by atoms with Gasteiger partial charge in [-0.3, -0.25) is 9.20 Å². The van der Waals surface area contributed by atoms with E-state index in [4.69, 9.17) is 4.98 Å². The SMILES string of the molecule is CCN(CC)CCCCC(=O)c1ccc2c(c1)sc1nc(-c3ccc(Cc4ncc[nH]4)cc3)cn12. The van der Waals surface area contributed by atoms with Crippen LogP contribution in [0.1, 0.15) is 54.9 Å². The van der Waals surface area contributed by atoms with E-state index in [2.05, 4.69) is 69.6 Å². The van der Waals surface area contributed by atoms with Gasteiger partial charge in [-0.1, -0.05) is 49.4 Å². The molecule has 0 atom stereocenters. The van der Waals surface area contributed by atoms with Gasteiger partial charge in [0, 0.05) is 42.6 Å². The number of ketones is 1. The molecule has 0 aliphatic rings. The maximum Gasteiger partial charge on any atom is 0.195 e. The number of unbranched alkanes of at least 4 members (excludes halogenated alkanes) is 1. The van der Waals surface area contributed by atoms with Gasteiger partial charge in [-0.2, -0.15) is 0 Å². The fraction of sp³-hybridized carbons (Fsp3) is 0.321. The van der Waals surface area contributed by atoms with Crippen LogP contribution >= 0.6 is 11.3 Å². The summed E-state index contributed by atoms with van der Waals surface area (Å²) >= 11 is 1.63. The Kier molecular flexibility index (Phi) is 7.06. The molecule has 0 fully saturated rings. The molecule has 3 heterocycles. The second-order valence-corrected chi connectivity index (χ2v) is 9.89. The third kappa shape index (κ3) is 5.21. The van der Waals surface area contributed by atoms with Crippen molar-refractivity contribution < 1.29 is 4.79 Å². The molecule has 0 amide bonds. The van der Waals surface area contributed by atoms with Crippen LogP contribution in [0, 0.1) is 0 Å². The number of aromatic amines is 1. The van der Waals surface area contributed by atoms with Gasteiger partial charge in [0.2, 0.25) is 0 Å². The Bertz CT molecular complexity index is 1410. The van der Waals surface area contributed by atoms with E-state index in [0.717, 1.165) is 76.7 Å². The molecule has 5 rings (SSSR count). The lowest BCUT2D eigenvalue weighted by Gasteiger charge is -2.17. The van der Waals surface area contributed by atoms with E-state index in [-0.39, 0.29) is 5.78 Å². The molecule has 7 heteroatoms. The average molecular weight is 486 g/mol. The monoisotopic (exact) mass is 485 g/mol. The first kappa shape index (κ1) is 23.5. The number of rotatable bonds is 11. The lowest BCUT2D eigenvalue weighted by atomic mass is 10.1. The van der Waals surface area contributed by atoms with Crippen molar-refractivity contribution in [1.29, 1.82) is 0 Å². The number of carbonyl (C=O) groups is 1. The quantitative estimate of drug-likeness (QED) is 0.178. The highest BCUT2D eigenvalue weighted by atomic mass is 32.1. The molecule has 0 unspecified atom stereocenters. The normalized spacial score (nSPS) is 11.7. The Labute approximate surface area is 209 Å². The first-order valence-corrected chi connectivity index (χ1v) is 13.2. The molecular formula is C28H31N5OS. The van der Waals surface area contributed by atoms with Crippen molar-refractivity contribution >= 4 is 32.3 Å². The molecule has 0 radical (unpaired) electrons. The lowest BCUT2D eigenvalue weighted by Crippen LogP contribution is -2.24. The van der Waals surface area contributed by atoms with Crippen molar-refractivity contribution in [3.63, 3.8) is 0 Å². The molecule has 2 aromatic carbocycles. The minimum atomic E-state index is 0.229. The van der Waals surface area contributed by atoms with Crippen LogP contribution in [0.25, 0.3) is 26.4 Å². The van der Waals surface area contributed by atoms with E-state index in [1.807, 2.05) is 18.3 Å². The molecule has 5 aromatic rings. The molecule has 3 aromatic heterocycles. The van der Waals surface area contributed by atoms with Crippen LogP contribution in [0.3, 0.4) is 0 Å². The predicted molar refractivity (Wildman–Crippen MR) is 143 cm³/mol. The molecule has 1 N–H and O–H groups in total. The Hall–Kier alpha value is -3.29. The number of H-pyrrole nitrogens is 1. The molecule has 0 bridgehead atoms. The van der Waals surface area contributed by atoms with Crippen molar-refractivity contribution in [2.75, 3.05) is 19.6 Å². The van der Waals surface area contributed by atoms with E-state index in [0.29, 0.717) is 6.42 Å². The van der Waals surface area contributed by atoms with E-state index in [1.54, 1.807) is 17.5 Å². The Morgan fingerprint density at radius 1 is 1.09 bits per heavy atom. The number of thiazole rings is 1. The fourth-order valence-corrected chi connectivity index (χ4v) is 5.55. The average Bonchev–Trinajstić information content (AvgIpc) is 3.61. The van der Waals surface area contributed by atoms with E-state index >= 15 is 0 Å². The van der Waals surface area contributed by atoms with Gasteiger partial charge in [0.1, 0.15) is 5.82 Å². The predicted octanol–water partition coefficient (Wildman–Crippen LogP) is 6.22. The van der Waals surface area contributed by atoms with Gasteiger partial charge in [0.25, 0.3) is 0 Å². The van der Waals surface area contributed by atoms with Crippen molar-refractivity contribution in [2.24, 2.45) is 0 Å². The second-order valence-electron chi connectivity index (χ2n) is 8.88. The van der Waals surface area contributed by atoms with E-state index < -0.39 is 0 Å². The number of aromatic nitrogens is 4. The Morgan fingerprint density at radius 2 is 1.91 bits per heavy atom. The number of fused-ring (bicyclic) bond motifs is 3. The molecule has 180 valence electrons. The van der Waals surface area contributed by atoms with Crippen LogP contribution in [-0.2, 0) is 6.42 Å². The second kappa shape index (κ2) is 10.5. The summed E-state index contributed by atoms with van der Waals surface area (Å²) < 4.78 is 3.23. The van der Waals surface area contributed by atoms with Gasteiger partial charge in [-0.25, -0.2) is 9.97 Å².